The summed E-state index contributed by atoms with van der Waals surface area (Å²) >= 11 is 0. The summed E-state index contributed by atoms with van der Waals surface area (Å²) in [5.74, 6) is 0. The van der Waals surface area contributed by atoms with Crippen molar-refractivity contribution in [2.24, 2.45) is 0 Å². The molecule has 1 aliphatic heterocycles. The van der Waals surface area contributed by atoms with E-state index < -0.39 is 28.2 Å². The maximum Gasteiger partial charge on any atom is 0.240 e. The van der Waals surface area contributed by atoms with Crippen LogP contribution in [0.1, 0.15) is 11.6 Å². The second-order valence-corrected chi connectivity index (χ2v) is 9.75. The molecule has 31 heavy (non-hydrogen) atoms. The Morgan fingerprint density at radius 2 is 1.48 bits per heavy atom. The Balaban J connectivity index is 1.51. The molecule has 2 N–H and O–H groups in total. The van der Waals surface area contributed by atoms with E-state index in [1.54, 1.807) is 24.3 Å². The number of aliphatic hydroxyl groups is 1. The minimum absolute atomic E-state index is 0.111. The first-order chi connectivity index (χ1) is 15.0. The van der Waals surface area contributed by atoms with Crippen LogP contribution in [0.5, 0.6) is 0 Å². The summed E-state index contributed by atoms with van der Waals surface area (Å²) < 4.78 is 36.3. The van der Waals surface area contributed by atoms with Gasteiger partial charge in [-0.2, -0.15) is 0 Å². The van der Waals surface area contributed by atoms with Crippen molar-refractivity contribution in [1.82, 2.24) is 9.29 Å². The number of aryl methyl sites for hydroxylation is 1. The highest BCUT2D eigenvalue weighted by atomic mass is 32.2. The van der Waals surface area contributed by atoms with E-state index in [9.17, 15) is 13.5 Å². The van der Waals surface area contributed by atoms with E-state index in [1.165, 1.54) is 0 Å². The minimum Gasteiger partial charge on any atom is -0.389 e. The van der Waals surface area contributed by atoms with E-state index >= 15 is 0 Å². The molecule has 4 aromatic rings. The largest absolute Gasteiger partial charge is 0.389 e. The Morgan fingerprint density at radius 1 is 0.903 bits per heavy atom. The van der Waals surface area contributed by atoms with Gasteiger partial charge in [0.1, 0.15) is 0 Å². The Kier molecular flexibility index (Phi) is 5.06. The maximum absolute atomic E-state index is 12.9. The number of aliphatic hydroxyl groups excluding tert-OH is 1. The van der Waals surface area contributed by atoms with Crippen LogP contribution in [-0.4, -0.2) is 43.5 Å². The van der Waals surface area contributed by atoms with E-state index in [2.05, 4.69) is 21.4 Å². The summed E-state index contributed by atoms with van der Waals surface area (Å²) in [7, 11) is -3.79. The molecule has 6 nitrogen and oxygen atoms in total. The maximum atomic E-state index is 12.9. The topological polar surface area (TPSA) is 80.6 Å². The Bertz CT molecular complexity index is 1290. The summed E-state index contributed by atoms with van der Waals surface area (Å²) in [6.07, 6.45) is -0.951. The molecule has 0 unspecified atom stereocenters. The zero-order valence-corrected chi connectivity index (χ0v) is 17.9. The van der Waals surface area contributed by atoms with Crippen LogP contribution in [0.3, 0.4) is 0 Å². The predicted octanol–water partition coefficient (Wildman–Crippen LogP) is 3.38. The third-order valence-electron chi connectivity index (χ3n) is 5.98. The molecule has 0 spiro atoms. The van der Waals surface area contributed by atoms with Crippen molar-refractivity contribution in [2.75, 3.05) is 13.2 Å². The lowest BCUT2D eigenvalue weighted by Crippen LogP contribution is -2.53. The lowest BCUT2D eigenvalue weighted by molar-refractivity contribution is -0.0461. The van der Waals surface area contributed by atoms with E-state index in [-0.39, 0.29) is 11.5 Å². The van der Waals surface area contributed by atoms with Gasteiger partial charge in [-0.15, -0.1) is 0 Å². The molecule has 0 saturated carbocycles. The number of ether oxygens (including phenoxy) is 1. The van der Waals surface area contributed by atoms with Crippen LogP contribution in [0, 0.1) is 6.92 Å². The third-order valence-corrected chi connectivity index (χ3v) is 7.49. The van der Waals surface area contributed by atoms with Crippen LogP contribution in [0.25, 0.3) is 21.8 Å². The molecular weight excluding hydrogens is 412 g/mol. The Morgan fingerprint density at radius 3 is 2.10 bits per heavy atom. The average Bonchev–Trinajstić information content (AvgIpc) is 3.10. The molecule has 1 fully saturated rings. The van der Waals surface area contributed by atoms with Crippen LogP contribution in [0.2, 0.25) is 0 Å². The highest BCUT2D eigenvalue weighted by Crippen LogP contribution is 2.34. The SMILES string of the molecule is Cc1ccc(S(=O)(=O)N[C@@H]2COC[C@H](n3c4ccccc4c4ccccc43)[C@H]2O)cc1. The number of hydrogen-bond acceptors (Lipinski definition) is 4. The van der Waals surface area contributed by atoms with Crippen LogP contribution in [-0.2, 0) is 14.8 Å². The molecule has 0 amide bonds. The molecule has 160 valence electrons. The minimum atomic E-state index is -3.79. The molecule has 3 atom stereocenters. The summed E-state index contributed by atoms with van der Waals surface area (Å²) in [4.78, 5) is 0.171. The zero-order valence-electron chi connectivity index (χ0n) is 17.1. The standard InChI is InChI=1S/C24H24N2O4S/c1-16-10-12-17(13-11-16)31(28,29)25-20-14-30-15-23(24(20)27)26-21-8-4-2-6-18(21)19-7-3-5-9-22(19)26/h2-13,20,23-25,27H,14-15H2,1H3/t20-,23+,24+/m1/s1. The molecular formula is C24H24N2O4S. The number of rotatable bonds is 4. The number of para-hydroxylation sites is 2. The number of aromatic nitrogens is 1. The van der Waals surface area contributed by atoms with Gasteiger partial charge in [0.15, 0.2) is 0 Å². The second kappa shape index (κ2) is 7.76. The summed E-state index contributed by atoms with van der Waals surface area (Å²) in [5, 5.41) is 13.4. The molecule has 1 aliphatic rings. The lowest BCUT2D eigenvalue weighted by atomic mass is 10.0. The van der Waals surface area contributed by atoms with E-state index in [0.717, 1.165) is 27.4 Å². The van der Waals surface area contributed by atoms with Gasteiger partial charge in [-0.1, -0.05) is 54.1 Å². The highest BCUT2D eigenvalue weighted by molar-refractivity contribution is 7.89. The van der Waals surface area contributed by atoms with Gasteiger partial charge in [-0.25, -0.2) is 13.1 Å². The lowest BCUT2D eigenvalue weighted by Gasteiger charge is -2.36. The van der Waals surface area contributed by atoms with Crippen molar-refractivity contribution in [1.29, 1.82) is 0 Å². The van der Waals surface area contributed by atoms with Gasteiger partial charge in [0.25, 0.3) is 0 Å². The first-order valence-corrected chi connectivity index (χ1v) is 11.8. The fourth-order valence-electron chi connectivity index (χ4n) is 4.41. The van der Waals surface area contributed by atoms with Gasteiger partial charge in [0.05, 0.1) is 36.3 Å². The smallest absolute Gasteiger partial charge is 0.240 e. The number of nitrogens with zero attached hydrogens (tertiary/aromatic N) is 1. The van der Waals surface area contributed by atoms with Gasteiger partial charge in [-0.05, 0) is 31.2 Å². The Hall–Kier alpha value is -2.71. The molecule has 0 radical (unpaired) electrons. The molecule has 5 rings (SSSR count). The van der Waals surface area contributed by atoms with E-state index in [4.69, 9.17) is 4.74 Å². The third kappa shape index (κ3) is 3.53. The molecule has 7 heteroatoms. The molecule has 0 bridgehead atoms. The Labute approximate surface area is 181 Å². The monoisotopic (exact) mass is 436 g/mol. The number of sulfonamides is 1. The van der Waals surface area contributed by atoms with Gasteiger partial charge >= 0.3 is 0 Å². The molecule has 0 aliphatic carbocycles. The first kappa shape index (κ1) is 20.2. The van der Waals surface area contributed by atoms with Gasteiger partial charge in [0.2, 0.25) is 10.0 Å². The summed E-state index contributed by atoms with van der Waals surface area (Å²) in [6.45, 7) is 2.31. The van der Waals surface area contributed by atoms with Gasteiger partial charge in [-0.3, -0.25) is 0 Å². The van der Waals surface area contributed by atoms with Crippen LogP contribution in [0.4, 0.5) is 0 Å². The fourth-order valence-corrected chi connectivity index (χ4v) is 5.64. The van der Waals surface area contributed by atoms with Crippen LogP contribution in [0.15, 0.2) is 77.7 Å². The molecule has 2 heterocycles. The van der Waals surface area contributed by atoms with Crippen molar-refractivity contribution >= 4 is 31.8 Å². The highest BCUT2D eigenvalue weighted by Gasteiger charge is 2.37. The molecule has 1 saturated heterocycles. The zero-order chi connectivity index (χ0) is 21.6. The quantitative estimate of drug-likeness (QED) is 0.514. The summed E-state index contributed by atoms with van der Waals surface area (Å²) in [5.41, 5.74) is 2.95. The first-order valence-electron chi connectivity index (χ1n) is 10.3. The van der Waals surface area contributed by atoms with Crippen LogP contribution < -0.4 is 4.72 Å². The normalized spacial score (nSPS) is 22.2. The van der Waals surface area contributed by atoms with Crippen LogP contribution >= 0.6 is 0 Å². The fraction of sp³-hybridized carbons (Fsp3) is 0.250. The number of nitrogens with one attached hydrogen (secondary N) is 1. The summed E-state index contributed by atoms with van der Waals surface area (Å²) in [6, 6.07) is 21.5. The predicted molar refractivity (Wildman–Crippen MR) is 121 cm³/mol. The van der Waals surface area contributed by atoms with Gasteiger partial charge < -0.3 is 14.4 Å². The van der Waals surface area contributed by atoms with Crippen molar-refractivity contribution in [2.45, 2.75) is 30.0 Å². The average molecular weight is 437 g/mol. The van der Waals surface area contributed by atoms with Crippen molar-refractivity contribution in [3.8, 4) is 0 Å². The van der Waals surface area contributed by atoms with Crippen molar-refractivity contribution in [3.05, 3.63) is 78.4 Å². The molecule has 3 aromatic carbocycles. The van der Waals surface area contributed by atoms with E-state index in [1.807, 2.05) is 43.3 Å². The molecule has 1 aromatic heterocycles. The number of benzene rings is 3. The van der Waals surface area contributed by atoms with Gasteiger partial charge in [0, 0.05) is 21.8 Å². The number of fused-ring (bicyclic) bond motifs is 3. The second-order valence-electron chi connectivity index (χ2n) is 8.04. The number of hydrogen-bond donors (Lipinski definition) is 2. The van der Waals surface area contributed by atoms with Crippen molar-refractivity contribution in [3.63, 3.8) is 0 Å². The van der Waals surface area contributed by atoms with Crippen molar-refractivity contribution < 1.29 is 18.3 Å². The van der Waals surface area contributed by atoms with E-state index in [0.29, 0.717) is 6.61 Å².